The molecule has 2 aliphatic carbocycles. The second kappa shape index (κ2) is 9.82. The van der Waals surface area contributed by atoms with Gasteiger partial charge in [0.25, 0.3) is 5.91 Å². The summed E-state index contributed by atoms with van der Waals surface area (Å²) in [6, 6.07) is 4.59. The number of hydrogen-bond donors (Lipinski definition) is 3. The number of aliphatic hydroxyl groups is 1. The first-order valence-electron chi connectivity index (χ1n) is 11.0. The van der Waals surface area contributed by atoms with Crippen LogP contribution in [-0.4, -0.2) is 45.3 Å². The van der Waals surface area contributed by atoms with Crippen LogP contribution in [0.4, 0.5) is 18.9 Å². The molecule has 4 atom stereocenters. The molecule has 0 heterocycles. The summed E-state index contributed by atoms with van der Waals surface area (Å²) in [6.45, 7) is -0.605. The normalized spacial score (nSPS) is 25.7. The third-order valence-corrected chi connectivity index (χ3v) is 10.0. The molecule has 2 saturated carbocycles. The Morgan fingerprint density at radius 1 is 1.08 bits per heavy atom. The average Bonchev–Trinajstić information content (AvgIpc) is 3.09. The van der Waals surface area contributed by atoms with Gasteiger partial charge in [-0.2, -0.15) is 8.42 Å². The fourth-order valence-electron chi connectivity index (χ4n) is 5.29. The second-order valence-corrected chi connectivity index (χ2v) is 13.1. The summed E-state index contributed by atoms with van der Waals surface area (Å²) in [6.07, 6.45) is 0.794. The van der Waals surface area contributed by atoms with Gasteiger partial charge in [-0.1, -0.05) is 11.6 Å². The third-order valence-electron chi connectivity index (χ3n) is 6.71. The van der Waals surface area contributed by atoms with Crippen LogP contribution >= 0.6 is 11.6 Å². The van der Waals surface area contributed by atoms with Crippen molar-refractivity contribution in [2.24, 2.45) is 17.0 Å². The minimum atomic E-state index is -4.30. The average molecular weight is 583 g/mol. The molecule has 1 amide bonds. The van der Waals surface area contributed by atoms with Gasteiger partial charge in [0.05, 0.1) is 27.4 Å². The van der Waals surface area contributed by atoms with Gasteiger partial charge in [-0.3, -0.25) is 8.98 Å². The van der Waals surface area contributed by atoms with Crippen molar-refractivity contribution in [1.29, 1.82) is 0 Å². The summed E-state index contributed by atoms with van der Waals surface area (Å²) in [7, 11) is -8.45. The Bertz CT molecular complexity index is 1430. The maximum atomic E-state index is 13.7. The first-order valence-corrected chi connectivity index (χ1v) is 14.4. The topological polar surface area (TPSA) is 153 Å². The Labute approximate surface area is 215 Å². The van der Waals surface area contributed by atoms with E-state index in [0.29, 0.717) is 25.0 Å². The van der Waals surface area contributed by atoms with Gasteiger partial charge in [-0.15, -0.1) is 0 Å². The zero-order chi connectivity index (χ0) is 27.3. The summed E-state index contributed by atoms with van der Waals surface area (Å²) in [5.74, 6) is -6.75. The van der Waals surface area contributed by atoms with E-state index in [1.807, 2.05) is 0 Å². The Kier molecular flexibility index (Phi) is 7.38. The van der Waals surface area contributed by atoms with E-state index in [1.165, 1.54) is 12.1 Å². The lowest BCUT2D eigenvalue weighted by Gasteiger charge is -2.40. The van der Waals surface area contributed by atoms with E-state index < -0.39 is 72.8 Å². The van der Waals surface area contributed by atoms with Gasteiger partial charge in [0, 0.05) is 23.4 Å². The zero-order valence-corrected chi connectivity index (χ0v) is 21.3. The van der Waals surface area contributed by atoms with Crippen molar-refractivity contribution >= 4 is 43.3 Å². The van der Waals surface area contributed by atoms with Crippen LogP contribution in [0.5, 0.6) is 0 Å². The molecule has 4 N–H and O–H groups in total. The minimum Gasteiger partial charge on any atom is -0.387 e. The largest absolute Gasteiger partial charge is 0.387 e. The predicted molar refractivity (Wildman–Crippen MR) is 126 cm³/mol. The van der Waals surface area contributed by atoms with Gasteiger partial charge >= 0.3 is 10.3 Å². The Morgan fingerprint density at radius 3 is 2.19 bits per heavy atom. The molecule has 0 spiro atoms. The van der Waals surface area contributed by atoms with Crippen molar-refractivity contribution in [2.45, 2.75) is 41.4 Å². The number of fused-ring (bicyclic) bond motifs is 2. The molecule has 37 heavy (non-hydrogen) atoms. The molecule has 2 aromatic carbocycles. The highest BCUT2D eigenvalue weighted by atomic mass is 35.5. The number of carbonyl (C=O) groups is 1. The quantitative estimate of drug-likeness (QED) is 0.424. The smallest absolute Gasteiger partial charge is 0.333 e. The SMILES string of the molecule is NS(=O)(=O)OCC1(O)CC2CC[C@@H](C1)C2S(=O)(=O)c1cc(C(=O)Nc2cc(F)c(F)c(F)c2)ccc1Cl. The molecule has 0 aliphatic heterocycles. The van der Waals surface area contributed by atoms with E-state index in [2.05, 4.69) is 9.50 Å². The number of rotatable bonds is 7. The minimum absolute atomic E-state index is 0.0532. The van der Waals surface area contributed by atoms with E-state index >= 15 is 0 Å². The maximum Gasteiger partial charge on any atom is 0.333 e. The van der Waals surface area contributed by atoms with E-state index in [9.17, 15) is 39.9 Å². The fourth-order valence-corrected chi connectivity index (χ4v) is 8.52. The number of nitrogens with two attached hydrogens (primary N) is 1. The molecule has 2 aromatic rings. The number of sulfone groups is 1. The van der Waals surface area contributed by atoms with Gasteiger partial charge < -0.3 is 10.4 Å². The standard InChI is InChI=1S/C22H22ClF3N2O7S2/c23-15-4-3-11(21(29)28-14-6-16(24)19(26)17(25)7-14)5-18(15)36(31,32)20-12-1-2-13(20)9-22(30,8-12)10-35-37(27,33)34/h3-7,12-13,20,30H,1-2,8-10H2,(H,28,29)(H2,27,33,34)/t12-,13?,20?,22?/m0/s1. The van der Waals surface area contributed by atoms with Gasteiger partial charge in [-0.05, 0) is 55.7 Å². The molecular formula is C22H22ClF3N2O7S2. The molecule has 0 aromatic heterocycles. The lowest BCUT2D eigenvalue weighted by molar-refractivity contribution is -0.0509. The number of nitrogens with one attached hydrogen (secondary N) is 1. The molecular weight excluding hydrogens is 561 g/mol. The molecule has 2 fully saturated rings. The highest BCUT2D eigenvalue weighted by molar-refractivity contribution is 7.92. The van der Waals surface area contributed by atoms with Gasteiger partial charge in [0.1, 0.15) is 0 Å². The van der Waals surface area contributed by atoms with Crippen molar-refractivity contribution in [1.82, 2.24) is 0 Å². The molecule has 2 aliphatic rings. The third kappa shape index (κ3) is 5.78. The molecule has 15 heteroatoms. The monoisotopic (exact) mass is 582 g/mol. The van der Waals surface area contributed by atoms with Crippen LogP contribution in [0, 0.1) is 29.3 Å². The molecule has 2 bridgehead atoms. The van der Waals surface area contributed by atoms with Crippen LogP contribution in [0.2, 0.25) is 5.02 Å². The number of halogens is 4. The number of anilines is 1. The maximum absolute atomic E-state index is 13.7. The highest BCUT2D eigenvalue weighted by Gasteiger charge is 2.54. The van der Waals surface area contributed by atoms with E-state index in [-0.39, 0.29) is 34.0 Å². The van der Waals surface area contributed by atoms with Gasteiger partial charge in [0.2, 0.25) is 0 Å². The fraction of sp³-hybridized carbons (Fsp3) is 0.409. The van der Waals surface area contributed by atoms with Crippen LogP contribution in [-0.2, 0) is 24.3 Å². The van der Waals surface area contributed by atoms with Crippen molar-refractivity contribution in [2.75, 3.05) is 11.9 Å². The summed E-state index contributed by atoms with van der Waals surface area (Å²) in [5, 5.41) is 16.7. The Balaban J connectivity index is 1.58. The number of amides is 1. The van der Waals surface area contributed by atoms with Crippen molar-refractivity contribution in [3.63, 3.8) is 0 Å². The molecule has 0 saturated heterocycles. The molecule has 0 radical (unpaired) electrons. The van der Waals surface area contributed by atoms with Crippen LogP contribution < -0.4 is 10.5 Å². The molecule has 9 nitrogen and oxygen atoms in total. The summed E-state index contributed by atoms with van der Waals surface area (Å²) in [5.41, 5.74) is -2.16. The van der Waals surface area contributed by atoms with Gasteiger partial charge in [0.15, 0.2) is 27.3 Å². The molecule has 3 unspecified atom stereocenters. The lowest BCUT2D eigenvalue weighted by atomic mass is 9.77. The summed E-state index contributed by atoms with van der Waals surface area (Å²) in [4.78, 5) is 12.3. The Hall–Kier alpha value is -2.23. The predicted octanol–water partition coefficient (Wildman–Crippen LogP) is 2.92. The summed E-state index contributed by atoms with van der Waals surface area (Å²) >= 11 is 6.19. The van der Waals surface area contributed by atoms with E-state index in [0.717, 1.165) is 6.07 Å². The van der Waals surface area contributed by atoms with Crippen molar-refractivity contribution in [3.8, 4) is 0 Å². The highest BCUT2D eigenvalue weighted by Crippen LogP contribution is 2.51. The summed E-state index contributed by atoms with van der Waals surface area (Å²) < 4.78 is 94.3. The number of carbonyl (C=O) groups excluding carboxylic acids is 1. The second-order valence-electron chi connectivity index (χ2n) is 9.35. The van der Waals surface area contributed by atoms with Crippen LogP contribution in [0.3, 0.4) is 0 Å². The van der Waals surface area contributed by atoms with E-state index in [4.69, 9.17) is 16.7 Å². The van der Waals surface area contributed by atoms with Crippen molar-refractivity contribution in [3.05, 3.63) is 58.4 Å². The number of benzene rings is 2. The van der Waals surface area contributed by atoms with Crippen molar-refractivity contribution < 1.29 is 44.1 Å². The van der Waals surface area contributed by atoms with Gasteiger partial charge in [-0.25, -0.2) is 26.7 Å². The lowest BCUT2D eigenvalue weighted by Crippen LogP contribution is -2.49. The molecule has 4 rings (SSSR count). The Morgan fingerprint density at radius 2 is 1.65 bits per heavy atom. The van der Waals surface area contributed by atoms with E-state index in [1.54, 1.807) is 0 Å². The van der Waals surface area contributed by atoms with Crippen LogP contribution in [0.15, 0.2) is 35.2 Å². The van der Waals surface area contributed by atoms with Crippen LogP contribution in [0.1, 0.15) is 36.0 Å². The first-order chi connectivity index (χ1) is 17.1. The first kappa shape index (κ1) is 27.8. The number of hydrogen-bond acceptors (Lipinski definition) is 7. The molecule has 202 valence electrons. The zero-order valence-electron chi connectivity index (χ0n) is 19.0. The van der Waals surface area contributed by atoms with Crippen LogP contribution in [0.25, 0.3) is 0 Å².